The van der Waals surface area contributed by atoms with Gasteiger partial charge in [0.15, 0.2) is 0 Å². The summed E-state index contributed by atoms with van der Waals surface area (Å²) in [6.07, 6.45) is 5.78. The Kier molecular flexibility index (Phi) is 6.89. The number of nitrogens with one attached hydrogen (secondary N) is 1. The van der Waals surface area contributed by atoms with Crippen LogP contribution >= 0.6 is 0 Å². The molecule has 1 aliphatic heterocycles. The molecule has 0 fully saturated rings. The molecule has 1 heterocycles. The van der Waals surface area contributed by atoms with Gasteiger partial charge in [-0.05, 0) is 45.7 Å². The van der Waals surface area contributed by atoms with Gasteiger partial charge in [0.05, 0.1) is 5.75 Å². The summed E-state index contributed by atoms with van der Waals surface area (Å²) < 4.78 is 25.8. The lowest BCUT2D eigenvalue weighted by atomic mass is 10.2. The highest BCUT2D eigenvalue weighted by Gasteiger charge is 2.22. The van der Waals surface area contributed by atoms with Gasteiger partial charge in [0.25, 0.3) is 0 Å². The average Bonchev–Trinajstić information content (AvgIpc) is 2.33. The van der Waals surface area contributed by atoms with E-state index in [2.05, 4.69) is 18.3 Å². The summed E-state index contributed by atoms with van der Waals surface area (Å²) in [5, 5.41) is 3.29. The van der Waals surface area contributed by atoms with Crippen LogP contribution in [0.2, 0.25) is 0 Å². The van der Waals surface area contributed by atoms with Crippen molar-refractivity contribution < 1.29 is 8.42 Å². The number of nitrogens with zero attached hydrogens (tertiary/aromatic N) is 1. The number of hydrogen-bond donors (Lipinski definition) is 1. The van der Waals surface area contributed by atoms with Crippen LogP contribution in [-0.2, 0) is 10.0 Å². The minimum absolute atomic E-state index is 0.286. The van der Waals surface area contributed by atoms with Crippen molar-refractivity contribution in [3.8, 4) is 0 Å². The Hall–Kier alpha value is -0.390. The van der Waals surface area contributed by atoms with Crippen molar-refractivity contribution >= 4 is 10.0 Å². The molecular formula is C13H26N2O2S. The molecular weight excluding hydrogens is 248 g/mol. The molecule has 4 nitrogen and oxygen atoms in total. The van der Waals surface area contributed by atoms with Gasteiger partial charge in [-0.2, -0.15) is 4.31 Å². The zero-order chi connectivity index (χ0) is 13.4. The van der Waals surface area contributed by atoms with Crippen LogP contribution in [0.5, 0.6) is 0 Å². The summed E-state index contributed by atoms with van der Waals surface area (Å²) in [7, 11) is -3.04. The van der Waals surface area contributed by atoms with E-state index in [1.54, 1.807) is 4.31 Å². The Balaban J connectivity index is 2.25. The van der Waals surface area contributed by atoms with Crippen molar-refractivity contribution in [3.63, 3.8) is 0 Å². The molecule has 0 aromatic rings. The fraction of sp³-hybridized carbons (Fsp3) is 0.846. The van der Waals surface area contributed by atoms with Gasteiger partial charge in [-0.3, -0.25) is 0 Å². The van der Waals surface area contributed by atoms with E-state index in [1.165, 1.54) is 0 Å². The Morgan fingerprint density at radius 1 is 1.33 bits per heavy atom. The highest BCUT2D eigenvalue weighted by molar-refractivity contribution is 7.89. The van der Waals surface area contributed by atoms with Crippen LogP contribution in [0.25, 0.3) is 0 Å². The summed E-state index contributed by atoms with van der Waals surface area (Å²) in [4.78, 5) is 0. The molecule has 0 unspecified atom stereocenters. The third kappa shape index (κ3) is 5.50. The van der Waals surface area contributed by atoms with E-state index < -0.39 is 10.0 Å². The summed E-state index contributed by atoms with van der Waals surface area (Å²) in [6, 6.07) is 0. The highest BCUT2D eigenvalue weighted by atomic mass is 32.2. The maximum absolute atomic E-state index is 12.1. The third-order valence-corrected chi connectivity index (χ3v) is 5.03. The predicted molar refractivity (Wildman–Crippen MR) is 76.1 cm³/mol. The van der Waals surface area contributed by atoms with Crippen LogP contribution < -0.4 is 5.32 Å². The van der Waals surface area contributed by atoms with Crippen molar-refractivity contribution in [2.24, 2.45) is 0 Å². The van der Waals surface area contributed by atoms with Gasteiger partial charge in [0.1, 0.15) is 0 Å². The molecule has 0 saturated heterocycles. The first-order chi connectivity index (χ1) is 8.56. The standard InChI is InChI=1S/C13H26N2O2S/c1-3-8-14-9-4-5-11-18(16,17)15-10-6-7-13(2)12-15/h7,14H,3-6,8-12H2,1-2H3. The fourth-order valence-corrected chi connectivity index (χ4v) is 3.69. The van der Waals surface area contributed by atoms with E-state index in [4.69, 9.17) is 0 Å². The topological polar surface area (TPSA) is 49.4 Å². The second-order valence-corrected chi connectivity index (χ2v) is 7.03. The quantitative estimate of drug-likeness (QED) is 0.542. The lowest BCUT2D eigenvalue weighted by Gasteiger charge is -2.25. The molecule has 0 bridgehead atoms. The molecule has 1 aliphatic rings. The van der Waals surface area contributed by atoms with Crippen LogP contribution in [0, 0.1) is 0 Å². The number of unbranched alkanes of at least 4 members (excludes halogenated alkanes) is 1. The Bertz CT molecular complexity index is 363. The van der Waals surface area contributed by atoms with Gasteiger partial charge in [0, 0.05) is 13.1 Å². The van der Waals surface area contributed by atoms with Gasteiger partial charge in [-0.15, -0.1) is 0 Å². The third-order valence-electron chi connectivity index (χ3n) is 3.12. The van der Waals surface area contributed by atoms with Crippen LogP contribution in [0.15, 0.2) is 11.6 Å². The maximum atomic E-state index is 12.1. The van der Waals surface area contributed by atoms with Crippen molar-refractivity contribution in [1.82, 2.24) is 9.62 Å². The van der Waals surface area contributed by atoms with Crippen molar-refractivity contribution in [2.45, 2.75) is 39.5 Å². The van der Waals surface area contributed by atoms with Crippen LogP contribution in [-0.4, -0.2) is 44.7 Å². The van der Waals surface area contributed by atoms with Crippen LogP contribution in [0.1, 0.15) is 39.5 Å². The molecule has 106 valence electrons. The maximum Gasteiger partial charge on any atom is 0.214 e. The lowest BCUT2D eigenvalue weighted by Crippen LogP contribution is -2.37. The SMILES string of the molecule is CCCNCCCCS(=O)(=O)N1CCC=C(C)C1. The fourth-order valence-electron chi connectivity index (χ4n) is 2.08. The Morgan fingerprint density at radius 3 is 2.78 bits per heavy atom. The largest absolute Gasteiger partial charge is 0.317 e. The molecule has 0 radical (unpaired) electrons. The second-order valence-electron chi connectivity index (χ2n) is 4.95. The monoisotopic (exact) mass is 274 g/mol. The summed E-state index contributed by atoms with van der Waals surface area (Å²) in [5.74, 6) is 0.286. The van der Waals surface area contributed by atoms with Crippen molar-refractivity contribution in [2.75, 3.05) is 31.9 Å². The molecule has 0 amide bonds. The zero-order valence-corrected chi connectivity index (χ0v) is 12.4. The Morgan fingerprint density at radius 2 is 2.11 bits per heavy atom. The summed E-state index contributed by atoms with van der Waals surface area (Å²) in [5.41, 5.74) is 1.16. The molecule has 0 aromatic carbocycles. The van der Waals surface area contributed by atoms with Gasteiger partial charge >= 0.3 is 0 Å². The number of sulfonamides is 1. The van der Waals surface area contributed by atoms with Crippen molar-refractivity contribution in [1.29, 1.82) is 0 Å². The van der Waals surface area contributed by atoms with Crippen molar-refractivity contribution in [3.05, 3.63) is 11.6 Å². The molecule has 0 spiro atoms. The molecule has 0 saturated carbocycles. The molecule has 1 N–H and O–H groups in total. The van der Waals surface area contributed by atoms with Gasteiger partial charge in [0.2, 0.25) is 10.0 Å². The molecule has 0 aliphatic carbocycles. The van der Waals surface area contributed by atoms with Gasteiger partial charge < -0.3 is 5.32 Å². The second kappa shape index (κ2) is 7.92. The molecule has 0 atom stereocenters. The average molecular weight is 274 g/mol. The van der Waals surface area contributed by atoms with Gasteiger partial charge in [-0.25, -0.2) is 8.42 Å². The zero-order valence-electron chi connectivity index (χ0n) is 11.6. The molecule has 0 aromatic heterocycles. The number of hydrogen-bond acceptors (Lipinski definition) is 3. The predicted octanol–water partition coefficient (Wildman–Crippen LogP) is 1.75. The van der Waals surface area contributed by atoms with Crippen LogP contribution in [0.3, 0.4) is 0 Å². The number of rotatable bonds is 8. The molecule has 5 heteroatoms. The minimum Gasteiger partial charge on any atom is -0.317 e. The first-order valence-corrected chi connectivity index (χ1v) is 8.51. The first-order valence-electron chi connectivity index (χ1n) is 6.90. The van der Waals surface area contributed by atoms with Crippen LogP contribution in [0.4, 0.5) is 0 Å². The van der Waals surface area contributed by atoms with E-state index in [0.29, 0.717) is 13.1 Å². The van der Waals surface area contributed by atoms with E-state index in [0.717, 1.165) is 44.3 Å². The summed E-state index contributed by atoms with van der Waals surface area (Å²) in [6.45, 7) is 7.29. The molecule has 18 heavy (non-hydrogen) atoms. The molecule has 1 rings (SSSR count). The van der Waals surface area contributed by atoms with E-state index in [9.17, 15) is 8.42 Å². The summed E-state index contributed by atoms with van der Waals surface area (Å²) >= 11 is 0. The van der Waals surface area contributed by atoms with Gasteiger partial charge in [-0.1, -0.05) is 18.6 Å². The van der Waals surface area contributed by atoms with E-state index in [-0.39, 0.29) is 5.75 Å². The Labute approximate surface area is 111 Å². The minimum atomic E-state index is -3.04. The normalized spacial score (nSPS) is 17.8. The smallest absolute Gasteiger partial charge is 0.214 e. The lowest BCUT2D eigenvalue weighted by molar-refractivity contribution is 0.426. The van der Waals surface area contributed by atoms with E-state index >= 15 is 0 Å². The highest BCUT2D eigenvalue weighted by Crippen LogP contribution is 2.14. The van der Waals surface area contributed by atoms with E-state index in [1.807, 2.05) is 6.92 Å². The first kappa shape index (κ1) is 15.7.